The fourth-order valence-electron chi connectivity index (χ4n) is 1.54. The van der Waals surface area contributed by atoms with Crippen LogP contribution in [-0.2, 0) is 0 Å². The molecule has 0 N–H and O–H groups in total. The van der Waals surface area contributed by atoms with Crippen molar-refractivity contribution >= 4 is 0 Å². The Morgan fingerprint density at radius 1 is 1.00 bits per heavy atom. The summed E-state index contributed by atoms with van der Waals surface area (Å²) in [6.07, 6.45) is 8.56. The van der Waals surface area contributed by atoms with Gasteiger partial charge in [-0.25, -0.2) is 0 Å². The average Bonchev–Trinajstić information content (AvgIpc) is 1.93. The SMILES string of the molecule is CCCCCCCN1CCC1. The lowest BCUT2D eigenvalue weighted by Gasteiger charge is -2.30. The Morgan fingerprint density at radius 2 is 1.73 bits per heavy atom. The molecule has 0 bridgehead atoms. The summed E-state index contributed by atoms with van der Waals surface area (Å²) in [6.45, 7) is 6.38. The van der Waals surface area contributed by atoms with Crippen molar-refractivity contribution in [2.24, 2.45) is 0 Å². The number of rotatable bonds is 6. The maximum Gasteiger partial charge on any atom is -0.000654 e. The first kappa shape index (κ1) is 9.05. The topological polar surface area (TPSA) is 3.24 Å². The fraction of sp³-hybridized carbons (Fsp3) is 1.00. The maximum absolute atomic E-state index is 2.56. The molecule has 0 spiro atoms. The van der Waals surface area contributed by atoms with Gasteiger partial charge in [-0.05, 0) is 32.5 Å². The predicted octanol–water partition coefficient (Wildman–Crippen LogP) is 2.66. The molecule has 0 aromatic heterocycles. The van der Waals surface area contributed by atoms with Gasteiger partial charge in [-0.2, -0.15) is 0 Å². The van der Waals surface area contributed by atoms with Crippen molar-refractivity contribution in [1.29, 1.82) is 0 Å². The van der Waals surface area contributed by atoms with Crippen molar-refractivity contribution in [3.05, 3.63) is 0 Å². The molecule has 66 valence electrons. The van der Waals surface area contributed by atoms with Crippen molar-refractivity contribution in [2.45, 2.75) is 45.4 Å². The van der Waals surface area contributed by atoms with Gasteiger partial charge in [-0.1, -0.05) is 32.6 Å². The highest BCUT2D eigenvalue weighted by molar-refractivity contribution is 4.67. The molecule has 0 aliphatic carbocycles. The van der Waals surface area contributed by atoms with E-state index in [1.54, 1.807) is 0 Å². The van der Waals surface area contributed by atoms with Crippen molar-refractivity contribution in [1.82, 2.24) is 4.90 Å². The van der Waals surface area contributed by atoms with Crippen LogP contribution in [0, 0.1) is 0 Å². The monoisotopic (exact) mass is 155 g/mol. The summed E-state index contributed by atoms with van der Waals surface area (Å²) in [5.41, 5.74) is 0. The minimum atomic E-state index is 1.36. The van der Waals surface area contributed by atoms with Crippen LogP contribution in [0.25, 0.3) is 0 Å². The van der Waals surface area contributed by atoms with Crippen LogP contribution in [0.2, 0.25) is 0 Å². The first-order valence-corrected chi connectivity index (χ1v) is 5.16. The van der Waals surface area contributed by atoms with Gasteiger partial charge < -0.3 is 4.90 Å². The summed E-state index contributed by atoms with van der Waals surface area (Å²) >= 11 is 0. The van der Waals surface area contributed by atoms with Crippen LogP contribution in [0.5, 0.6) is 0 Å². The van der Waals surface area contributed by atoms with E-state index in [4.69, 9.17) is 0 Å². The smallest absolute Gasteiger partial charge is 0.000654 e. The van der Waals surface area contributed by atoms with E-state index in [1.807, 2.05) is 0 Å². The van der Waals surface area contributed by atoms with Crippen LogP contribution in [0.4, 0.5) is 0 Å². The molecular weight excluding hydrogens is 134 g/mol. The summed E-state index contributed by atoms with van der Waals surface area (Å²) < 4.78 is 0. The third kappa shape index (κ3) is 3.76. The van der Waals surface area contributed by atoms with Gasteiger partial charge in [0.2, 0.25) is 0 Å². The molecule has 0 radical (unpaired) electrons. The Labute approximate surface area is 70.8 Å². The number of hydrogen-bond donors (Lipinski definition) is 0. The molecular formula is C10H21N. The normalized spacial score (nSPS) is 18.3. The molecule has 0 aromatic carbocycles. The molecule has 1 fully saturated rings. The molecule has 0 aromatic rings. The largest absolute Gasteiger partial charge is 0.303 e. The van der Waals surface area contributed by atoms with Gasteiger partial charge in [0.1, 0.15) is 0 Å². The zero-order valence-electron chi connectivity index (χ0n) is 7.81. The van der Waals surface area contributed by atoms with Crippen LogP contribution in [-0.4, -0.2) is 24.5 Å². The Hall–Kier alpha value is -0.0400. The minimum Gasteiger partial charge on any atom is -0.303 e. The molecule has 1 aliphatic rings. The maximum atomic E-state index is 2.56. The molecule has 1 heteroatoms. The number of unbranched alkanes of at least 4 members (excludes halogenated alkanes) is 4. The van der Waals surface area contributed by atoms with Gasteiger partial charge in [-0.3, -0.25) is 0 Å². The van der Waals surface area contributed by atoms with E-state index in [9.17, 15) is 0 Å². The minimum absolute atomic E-state index is 1.36. The first-order valence-electron chi connectivity index (χ1n) is 5.16. The quantitative estimate of drug-likeness (QED) is 0.533. The fourth-order valence-corrected chi connectivity index (χ4v) is 1.54. The molecule has 0 atom stereocenters. The molecule has 1 heterocycles. The van der Waals surface area contributed by atoms with Gasteiger partial charge in [0.15, 0.2) is 0 Å². The lowest BCUT2D eigenvalue weighted by atomic mass is 10.1. The predicted molar refractivity (Wildman–Crippen MR) is 49.8 cm³/mol. The second-order valence-corrected chi connectivity index (χ2v) is 3.61. The summed E-state index contributed by atoms with van der Waals surface area (Å²) in [4.78, 5) is 2.56. The Kier molecular flexibility index (Phi) is 4.60. The zero-order valence-corrected chi connectivity index (χ0v) is 7.81. The second-order valence-electron chi connectivity index (χ2n) is 3.61. The molecule has 1 aliphatic heterocycles. The van der Waals surface area contributed by atoms with Crippen molar-refractivity contribution < 1.29 is 0 Å². The standard InChI is InChI=1S/C10H21N/c1-2-3-4-5-6-8-11-9-7-10-11/h2-10H2,1H3. The number of likely N-dealkylation sites (tertiary alicyclic amines) is 1. The van der Waals surface area contributed by atoms with Gasteiger partial charge in [0, 0.05) is 0 Å². The van der Waals surface area contributed by atoms with E-state index in [2.05, 4.69) is 11.8 Å². The lowest BCUT2D eigenvalue weighted by molar-refractivity contribution is 0.177. The molecule has 0 unspecified atom stereocenters. The van der Waals surface area contributed by atoms with Gasteiger partial charge in [0.25, 0.3) is 0 Å². The Bertz CT molecular complexity index is 86.9. The molecule has 11 heavy (non-hydrogen) atoms. The molecule has 1 saturated heterocycles. The number of nitrogens with zero attached hydrogens (tertiary/aromatic N) is 1. The summed E-state index contributed by atoms with van der Waals surface area (Å²) in [7, 11) is 0. The molecule has 1 nitrogen and oxygen atoms in total. The van der Waals surface area contributed by atoms with Crippen LogP contribution in [0.1, 0.15) is 45.4 Å². The highest BCUT2D eigenvalue weighted by Crippen LogP contribution is 2.09. The summed E-state index contributed by atoms with van der Waals surface area (Å²) in [5, 5.41) is 0. The molecule has 0 saturated carbocycles. The van der Waals surface area contributed by atoms with Crippen LogP contribution in [0.3, 0.4) is 0 Å². The molecule has 1 rings (SSSR count). The lowest BCUT2D eigenvalue weighted by Crippen LogP contribution is -2.37. The van der Waals surface area contributed by atoms with Gasteiger partial charge in [0.05, 0.1) is 0 Å². The van der Waals surface area contributed by atoms with Crippen LogP contribution >= 0.6 is 0 Å². The van der Waals surface area contributed by atoms with Crippen molar-refractivity contribution in [3.63, 3.8) is 0 Å². The second kappa shape index (κ2) is 5.59. The highest BCUT2D eigenvalue weighted by Gasteiger charge is 2.11. The van der Waals surface area contributed by atoms with E-state index in [1.165, 1.54) is 58.2 Å². The van der Waals surface area contributed by atoms with E-state index in [0.717, 1.165) is 0 Å². The number of hydrogen-bond acceptors (Lipinski definition) is 1. The van der Waals surface area contributed by atoms with Crippen molar-refractivity contribution in [3.8, 4) is 0 Å². The third-order valence-corrected chi connectivity index (χ3v) is 2.53. The van der Waals surface area contributed by atoms with Crippen molar-refractivity contribution in [2.75, 3.05) is 19.6 Å². The van der Waals surface area contributed by atoms with E-state index < -0.39 is 0 Å². The van der Waals surface area contributed by atoms with Gasteiger partial charge in [-0.15, -0.1) is 0 Å². The third-order valence-electron chi connectivity index (χ3n) is 2.53. The van der Waals surface area contributed by atoms with E-state index in [-0.39, 0.29) is 0 Å². The average molecular weight is 155 g/mol. The first-order chi connectivity index (χ1) is 5.43. The Balaban J connectivity index is 1.73. The molecule has 0 amide bonds. The zero-order chi connectivity index (χ0) is 7.94. The summed E-state index contributed by atoms with van der Waals surface area (Å²) in [5.74, 6) is 0. The van der Waals surface area contributed by atoms with Crippen LogP contribution in [0.15, 0.2) is 0 Å². The Morgan fingerprint density at radius 3 is 2.27 bits per heavy atom. The summed E-state index contributed by atoms with van der Waals surface area (Å²) in [6, 6.07) is 0. The van der Waals surface area contributed by atoms with E-state index >= 15 is 0 Å². The van der Waals surface area contributed by atoms with Crippen LogP contribution < -0.4 is 0 Å². The van der Waals surface area contributed by atoms with E-state index in [0.29, 0.717) is 0 Å². The van der Waals surface area contributed by atoms with Gasteiger partial charge >= 0.3 is 0 Å². The highest BCUT2D eigenvalue weighted by atomic mass is 15.2.